The summed E-state index contributed by atoms with van der Waals surface area (Å²) in [6, 6.07) is -2.72. The van der Waals surface area contributed by atoms with Gasteiger partial charge in [-0.2, -0.15) is 0 Å². The number of esters is 2. The average molecular weight is 647 g/mol. The van der Waals surface area contributed by atoms with Crippen molar-refractivity contribution in [1.82, 2.24) is 16.0 Å². The van der Waals surface area contributed by atoms with E-state index < -0.39 is 97.1 Å². The number of carboxylic acids is 1. The molecule has 45 heavy (non-hydrogen) atoms. The number of hydrogen-bond acceptors (Lipinski definition) is 15. The predicted octanol–water partition coefficient (Wildman–Crippen LogP) is -1.20. The Labute approximate surface area is 257 Å². The molecule has 1 saturated heterocycles. The number of carbonyl (C=O) groups is 6. The summed E-state index contributed by atoms with van der Waals surface area (Å²) >= 11 is 0. The van der Waals surface area contributed by atoms with E-state index in [1.807, 2.05) is 0 Å². The summed E-state index contributed by atoms with van der Waals surface area (Å²) in [6.07, 6.45) is -8.32. The number of hydrogen-bond donors (Lipinski definition) is 6. The first kappa shape index (κ1) is 36.7. The largest absolute Gasteiger partial charge is 0.478 e. The highest BCUT2D eigenvalue weighted by atomic mass is 16.7. The minimum Gasteiger partial charge on any atom is -0.478 e. The fraction of sp³-hybridized carbons (Fsp3) is 0.654. The topological polar surface area (TPSA) is 267 Å². The van der Waals surface area contributed by atoms with Crippen molar-refractivity contribution < 1.29 is 72.5 Å². The summed E-state index contributed by atoms with van der Waals surface area (Å²) in [5.41, 5.74) is 0. The smallest absolute Gasteiger partial charge is 0.417 e. The number of rotatable bonds is 11. The molecule has 7 atom stereocenters. The lowest BCUT2D eigenvalue weighted by Crippen LogP contribution is -2.62. The van der Waals surface area contributed by atoms with Crippen molar-refractivity contribution in [3.63, 3.8) is 0 Å². The van der Waals surface area contributed by atoms with Crippen LogP contribution in [0.1, 0.15) is 47.0 Å². The summed E-state index contributed by atoms with van der Waals surface area (Å²) < 4.78 is 30.7. The van der Waals surface area contributed by atoms with Gasteiger partial charge in [-0.15, -0.1) is 0 Å². The number of guanidine groups is 1. The zero-order valence-corrected chi connectivity index (χ0v) is 25.0. The van der Waals surface area contributed by atoms with Crippen molar-refractivity contribution in [3.8, 4) is 0 Å². The van der Waals surface area contributed by atoms with Crippen LogP contribution in [0.2, 0.25) is 0 Å². The molecule has 3 amide bonds. The van der Waals surface area contributed by atoms with Crippen molar-refractivity contribution in [2.45, 2.75) is 89.7 Å². The lowest BCUT2D eigenvalue weighted by atomic mass is 9.88. The molecule has 0 aromatic rings. The van der Waals surface area contributed by atoms with E-state index in [4.69, 9.17) is 28.4 Å². The Balaban J connectivity index is 2.43. The number of carbonyl (C=O) groups excluding carboxylic acids is 5. The average Bonchev–Trinajstić information content (AvgIpc) is 2.96. The number of ether oxygens (including phenoxy) is 6. The first-order chi connectivity index (χ1) is 21.2. The third-order valence-electron chi connectivity index (χ3n) is 6.11. The Morgan fingerprint density at radius 2 is 1.62 bits per heavy atom. The Bertz CT molecular complexity index is 1160. The molecule has 0 saturated carbocycles. The van der Waals surface area contributed by atoms with Gasteiger partial charge in [0.1, 0.15) is 25.4 Å². The van der Waals surface area contributed by atoms with E-state index in [0.29, 0.717) is 0 Å². The van der Waals surface area contributed by atoms with Crippen molar-refractivity contribution in [2.75, 3.05) is 19.8 Å². The molecule has 1 unspecified atom stereocenters. The van der Waals surface area contributed by atoms with Crippen LogP contribution in [0.5, 0.6) is 0 Å². The summed E-state index contributed by atoms with van der Waals surface area (Å²) in [7, 11) is 0. The van der Waals surface area contributed by atoms with Gasteiger partial charge in [-0.3, -0.25) is 25.0 Å². The van der Waals surface area contributed by atoms with Crippen molar-refractivity contribution in [1.29, 1.82) is 0 Å². The van der Waals surface area contributed by atoms with Crippen LogP contribution in [-0.4, -0.2) is 120 Å². The van der Waals surface area contributed by atoms with E-state index in [9.17, 15) is 44.1 Å². The van der Waals surface area contributed by atoms with Crippen LogP contribution in [0.3, 0.4) is 0 Å². The highest BCUT2D eigenvalue weighted by molar-refractivity contribution is 6.01. The van der Waals surface area contributed by atoms with E-state index in [0.717, 1.165) is 13.0 Å². The number of carboxylic acid groups (broad SMARTS) is 1. The van der Waals surface area contributed by atoms with Gasteiger partial charge in [-0.05, 0) is 12.5 Å². The highest BCUT2D eigenvalue weighted by Gasteiger charge is 2.48. The SMILES string of the molecule is CCC(=O)OCCOC(=O)NC(=N[C@H]1C=C(C(=O)O)O[C@@H]([C@@H]2OCC[C@@H](O)[C@H]2O)[C@@H]1NC(C)=O)NC(=O)OC(C)OC(=O)CC. The maximum Gasteiger partial charge on any atom is 0.417 e. The molecule has 2 aliphatic heterocycles. The summed E-state index contributed by atoms with van der Waals surface area (Å²) in [5.74, 6) is -4.79. The molecule has 19 nitrogen and oxygen atoms in total. The van der Waals surface area contributed by atoms with Crippen LogP contribution >= 0.6 is 0 Å². The molecule has 1 fully saturated rings. The van der Waals surface area contributed by atoms with Crippen LogP contribution in [-0.2, 0) is 47.6 Å². The first-order valence-electron chi connectivity index (χ1n) is 14.0. The maximum absolute atomic E-state index is 12.6. The van der Waals surface area contributed by atoms with Gasteiger partial charge >= 0.3 is 30.1 Å². The molecular formula is C26H38N4O15. The second-order valence-corrected chi connectivity index (χ2v) is 9.57. The molecule has 0 spiro atoms. The van der Waals surface area contributed by atoms with E-state index in [-0.39, 0.29) is 32.5 Å². The molecule has 19 heteroatoms. The number of nitrogens with one attached hydrogen (secondary N) is 3. The fourth-order valence-corrected chi connectivity index (χ4v) is 4.07. The Morgan fingerprint density at radius 1 is 0.978 bits per heavy atom. The molecule has 0 aromatic heterocycles. The van der Waals surface area contributed by atoms with Gasteiger partial charge in [0.15, 0.2) is 6.10 Å². The summed E-state index contributed by atoms with van der Waals surface area (Å²) in [6.45, 7) is 4.75. The van der Waals surface area contributed by atoms with Crippen molar-refractivity contribution in [3.05, 3.63) is 11.8 Å². The van der Waals surface area contributed by atoms with Gasteiger partial charge in [-0.1, -0.05) is 13.8 Å². The minimum atomic E-state index is -1.57. The van der Waals surface area contributed by atoms with Crippen LogP contribution < -0.4 is 16.0 Å². The predicted molar refractivity (Wildman–Crippen MR) is 147 cm³/mol. The Morgan fingerprint density at radius 3 is 2.24 bits per heavy atom. The van der Waals surface area contributed by atoms with Crippen LogP contribution in [0, 0.1) is 0 Å². The van der Waals surface area contributed by atoms with Crippen LogP contribution in [0.15, 0.2) is 16.8 Å². The van der Waals surface area contributed by atoms with Crippen LogP contribution in [0.4, 0.5) is 9.59 Å². The van der Waals surface area contributed by atoms with Gasteiger partial charge in [0.25, 0.3) is 0 Å². The van der Waals surface area contributed by atoms with Gasteiger partial charge < -0.3 is 49.1 Å². The van der Waals surface area contributed by atoms with E-state index >= 15 is 0 Å². The van der Waals surface area contributed by atoms with E-state index in [2.05, 4.69) is 20.9 Å². The zero-order chi connectivity index (χ0) is 33.7. The lowest BCUT2D eigenvalue weighted by Gasteiger charge is -2.43. The number of aliphatic hydroxyl groups excluding tert-OH is 2. The maximum atomic E-state index is 12.6. The number of aliphatic carboxylic acids is 1. The van der Waals surface area contributed by atoms with Crippen molar-refractivity contribution >= 4 is 42.0 Å². The number of aliphatic imine (C=N–C) groups is 1. The Hall–Kier alpha value is -4.49. The monoisotopic (exact) mass is 646 g/mol. The lowest BCUT2D eigenvalue weighted by molar-refractivity contribution is -0.185. The van der Waals surface area contributed by atoms with E-state index in [1.165, 1.54) is 13.8 Å². The number of nitrogens with zero attached hydrogens (tertiary/aromatic N) is 1. The number of aliphatic hydroxyl groups is 2. The molecule has 6 N–H and O–H groups in total. The molecule has 0 radical (unpaired) electrons. The molecule has 2 aliphatic rings. The second-order valence-electron chi connectivity index (χ2n) is 9.57. The van der Waals surface area contributed by atoms with Gasteiger partial charge in [0.05, 0.1) is 18.2 Å². The quantitative estimate of drug-likeness (QED) is 0.0384. The van der Waals surface area contributed by atoms with Crippen molar-refractivity contribution in [2.24, 2.45) is 4.99 Å². The van der Waals surface area contributed by atoms with Gasteiger partial charge in [0.2, 0.25) is 23.9 Å². The van der Waals surface area contributed by atoms with Gasteiger partial charge in [-0.25, -0.2) is 19.4 Å². The van der Waals surface area contributed by atoms with Crippen LogP contribution in [0.25, 0.3) is 0 Å². The Kier molecular flexibility index (Phi) is 14.4. The molecule has 0 aliphatic carbocycles. The molecule has 0 aromatic carbocycles. The fourth-order valence-electron chi connectivity index (χ4n) is 4.07. The number of alkyl carbamates (subject to hydrolysis) is 2. The molecule has 252 valence electrons. The standard InChI is InChI=1S/C26H38N4O15/c1-5-17(33)40-9-10-42-25(38)29-24(30-26(39)44-13(4)43-18(34)6-2)28-14-11-16(23(36)37)45-21(19(14)27-12(3)31)22-20(35)15(32)7-8-41-22/h11,13-15,19-22,32,35H,5-10H2,1-4H3,(H,27,31)(H,36,37)(H2,28,29,30,38,39)/t13?,14-,15+,19+,20+,21+,22+/m0/s1. The highest BCUT2D eigenvalue weighted by Crippen LogP contribution is 2.29. The zero-order valence-electron chi connectivity index (χ0n) is 25.0. The normalized spacial score (nSPS) is 25.3. The minimum absolute atomic E-state index is 0.00682. The summed E-state index contributed by atoms with van der Waals surface area (Å²) in [5, 5.41) is 37.3. The molecular weight excluding hydrogens is 608 g/mol. The second kappa shape index (κ2) is 17.7. The van der Waals surface area contributed by atoms with E-state index in [1.54, 1.807) is 6.92 Å². The third kappa shape index (κ3) is 11.8. The molecule has 2 heterocycles. The third-order valence-corrected chi connectivity index (χ3v) is 6.11. The summed E-state index contributed by atoms with van der Waals surface area (Å²) in [4.78, 5) is 76.3. The number of amides is 3. The first-order valence-corrected chi connectivity index (χ1v) is 14.0. The molecule has 0 bridgehead atoms. The molecule has 2 rings (SSSR count). The van der Waals surface area contributed by atoms with Gasteiger partial charge in [0, 0.05) is 33.3 Å².